The largest absolute Gasteiger partial charge is 0.480 e. The lowest BCUT2D eigenvalue weighted by Gasteiger charge is -2.31. The van der Waals surface area contributed by atoms with Crippen LogP contribution in [0.25, 0.3) is 0 Å². The summed E-state index contributed by atoms with van der Waals surface area (Å²) in [5, 5.41) is 30.9. The standard InChI is InChI=1S/C46H84N10O11/c1-15-26(12)36(55-42(62)34(24(8)9)52-39(59)29(47)20-32(48)57)41(61)49-21-33(58)50-30(18-22(4)5)40(60)54-38(28(14)17-3)45(65)53-35(25(10)11)43(63)56-37(27(13)16-2)44(64)51-31(46(66)67)19-23(6)7/h22-31,34-38H,15-21,47H2,1-14H3,(H2,48,57)(H,49,61)(H,50,58)(H,51,64)(H,52,59)(H,53,65)(H,54,60)(H,55,62)(H,56,63)(H,66,67)/t26-,27-,28-,29-,30-,31-,34-,35-,36-,37-,38-/m0/s1. The number of nitrogens with one attached hydrogen (secondary N) is 8. The smallest absolute Gasteiger partial charge is 0.326 e. The number of carbonyl (C=O) groups is 10. The molecule has 0 unspecified atom stereocenters. The van der Waals surface area contributed by atoms with Gasteiger partial charge in [0.05, 0.1) is 19.0 Å². The molecular weight excluding hydrogens is 869 g/mol. The van der Waals surface area contributed by atoms with E-state index in [2.05, 4.69) is 42.5 Å². The Labute approximate surface area is 397 Å². The normalized spacial score (nSPS) is 16.4. The molecule has 9 amide bonds. The number of hydrogen-bond acceptors (Lipinski definition) is 11. The molecule has 384 valence electrons. The predicted molar refractivity (Wildman–Crippen MR) is 253 cm³/mol. The molecular formula is C46H84N10O11. The van der Waals surface area contributed by atoms with Crippen LogP contribution in [-0.4, -0.2) is 119 Å². The van der Waals surface area contributed by atoms with E-state index in [9.17, 15) is 53.1 Å². The molecule has 13 N–H and O–H groups in total. The second kappa shape index (κ2) is 30.1. The fourth-order valence-electron chi connectivity index (χ4n) is 6.91. The summed E-state index contributed by atoms with van der Waals surface area (Å²) in [4.78, 5) is 131. The van der Waals surface area contributed by atoms with Crippen molar-refractivity contribution in [2.75, 3.05) is 6.54 Å². The van der Waals surface area contributed by atoms with Crippen molar-refractivity contribution in [1.29, 1.82) is 0 Å². The summed E-state index contributed by atoms with van der Waals surface area (Å²) in [5.74, 6) is -10.0. The van der Waals surface area contributed by atoms with Crippen LogP contribution in [-0.2, 0) is 47.9 Å². The Morgan fingerprint density at radius 3 is 1.16 bits per heavy atom. The van der Waals surface area contributed by atoms with Gasteiger partial charge in [-0.2, -0.15) is 0 Å². The van der Waals surface area contributed by atoms with Crippen molar-refractivity contribution >= 4 is 59.1 Å². The first kappa shape index (κ1) is 61.7. The number of amides is 9. The lowest BCUT2D eigenvalue weighted by atomic mass is 9.94. The SMILES string of the molecule is CC[C@H](C)[C@H](NC(=O)[C@H](CC(C)C)NC(=O)CNC(=O)[C@@H](NC(=O)[C@@H](NC(=O)[C@@H](N)CC(N)=O)C(C)C)[C@@H](C)CC)C(=O)N[C@H](C(=O)N[C@H](C(=O)N[C@@H](CC(C)C)C(=O)O)[C@@H](C)CC)C(C)C. The highest BCUT2D eigenvalue weighted by Crippen LogP contribution is 2.16. The minimum atomic E-state index is -1.29. The molecule has 0 aromatic carbocycles. The van der Waals surface area contributed by atoms with Crippen molar-refractivity contribution < 1.29 is 53.1 Å². The summed E-state index contributed by atoms with van der Waals surface area (Å²) in [6.45, 7) is 24.1. The second-order valence-corrected chi connectivity index (χ2v) is 19.3. The summed E-state index contributed by atoms with van der Waals surface area (Å²) in [7, 11) is 0. The quantitative estimate of drug-likeness (QED) is 0.0448. The number of carboxylic acid groups (broad SMARTS) is 1. The van der Waals surface area contributed by atoms with Crippen LogP contribution in [0.15, 0.2) is 0 Å². The van der Waals surface area contributed by atoms with Gasteiger partial charge in [-0.1, -0.05) is 116 Å². The molecule has 0 saturated carbocycles. The Kier molecular flexibility index (Phi) is 27.7. The molecule has 0 aliphatic carbocycles. The topological polar surface area (TPSA) is 339 Å². The average molecular weight is 953 g/mol. The van der Waals surface area contributed by atoms with Crippen LogP contribution >= 0.6 is 0 Å². The molecule has 21 nitrogen and oxygen atoms in total. The van der Waals surface area contributed by atoms with Crippen LogP contribution in [0.4, 0.5) is 0 Å². The van der Waals surface area contributed by atoms with Gasteiger partial charge in [0.1, 0.15) is 42.3 Å². The number of carbonyl (C=O) groups excluding carboxylic acids is 9. The summed E-state index contributed by atoms with van der Waals surface area (Å²) < 4.78 is 0. The molecule has 0 aliphatic heterocycles. The highest BCUT2D eigenvalue weighted by atomic mass is 16.4. The molecule has 11 atom stereocenters. The number of rotatable bonds is 31. The summed E-state index contributed by atoms with van der Waals surface area (Å²) in [6, 6.07) is -9.33. The Balaban J connectivity index is 6.21. The number of primary amides is 1. The average Bonchev–Trinajstić information content (AvgIpc) is 3.23. The van der Waals surface area contributed by atoms with Gasteiger partial charge in [0.2, 0.25) is 53.2 Å². The summed E-state index contributed by atoms with van der Waals surface area (Å²) >= 11 is 0. The number of hydrogen-bond donors (Lipinski definition) is 11. The Bertz CT molecular complexity index is 1690. The highest BCUT2D eigenvalue weighted by molar-refractivity contribution is 5.98. The van der Waals surface area contributed by atoms with E-state index in [0.717, 1.165) is 0 Å². The van der Waals surface area contributed by atoms with Gasteiger partial charge in [-0.3, -0.25) is 43.2 Å². The van der Waals surface area contributed by atoms with Crippen LogP contribution in [0.2, 0.25) is 0 Å². The van der Waals surface area contributed by atoms with Crippen molar-refractivity contribution in [1.82, 2.24) is 42.5 Å². The van der Waals surface area contributed by atoms with E-state index in [4.69, 9.17) is 11.5 Å². The van der Waals surface area contributed by atoms with E-state index in [1.165, 1.54) is 0 Å². The third-order valence-electron chi connectivity index (χ3n) is 11.7. The van der Waals surface area contributed by atoms with Crippen LogP contribution in [0, 0.1) is 41.4 Å². The molecule has 0 aromatic heterocycles. The van der Waals surface area contributed by atoms with Crippen molar-refractivity contribution in [2.45, 2.75) is 184 Å². The zero-order valence-corrected chi connectivity index (χ0v) is 42.3. The number of nitrogens with two attached hydrogens (primary N) is 2. The van der Waals surface area contributed by atoms with Gasteiger partial charge < -0.3 is 59.1 Å². The predicted octanol–water partition coefficient (Wildman–Crippen LogP) is 0.326. The van der Waals surface area contributed by atoms with Crippen molar-refractivity contribution in [2.24, 2.45) is 52.9 Å². The van der Waals surface area contributed by atoms with E-state index in [1.54, 1.807) is 55.4 Å². The van der Waals surface area contributed by atoms with E-state index in [-0.39, 0.29) is 24.7 Å². The van der Waals surface area contributed by atoms with Crippen LogP contribution in [0.3, 0.4) is 0 Å². The minimum Gasteiger partial charge on any atom is -0.480 e. The zero-order chi connectivity index (χ0) is 52.0. The molecule has 0 heterocycles. The fraction of sp³-hybridized carbons (Fsp3) is 0.783. The van der Waals surface area contributed by atoms with Gasteiger partial charge in [0.25, 0.3) is 0 Å². The molecule has 0 saturated heterocycles. The van der Waals surface area contributed by atoms with E-state index in [1.807, 2.05) is 41.5 Å². The van der Waals surface area contributed by atoms with Gasteiger partial charge in [-0.05, 0) is 54.3 Å². The zero-order valence-electron chi connectivity index (χ0n) is 42.3. The van der Waals surface area contributed by atoms with E-state index >= 15 is 0 Å². The minimum absolute atomic E-state index is 0.0319. The maximum atomic E-state index is 14.0. The molecule has 0 rings (SSSR count). The molecule has 0 fully saturated rings. The van der Waals surface area contributed by atoms with Crippen LogP contribution < -0.4 is 54.0 Å². The van der Waals surface area contributed by atoms with Gasteiger partial charge in [-0.25, -0.2) is 4.79 Å². The molecule has 67 heavy (non-hydrogen) atoms. The van der Waals surface area contributed by atoms with Crippen LogP contribution in [0.1, 0.15) is 135 Å². The molecule has 0 radical (unpaired) electrons. The molecule has 0 aromatic rings. The maximum absolute atomic E-state index is 14.0. The van der Waals surface area contributed by atoms with E-state index < -0.39 is 150 Å². The Morgan fingerprint density at radius 2 is 0.791 bits per heavy atom. The maximum Gasteiger partial charge on any atom is 0.326 e. The van der Waals surface area contributed by atoms with Gasteiger partial charge in [-0.15, -0.1) is 0 Å². The fourth-order valence-corrected chi connectivity index (χ4v) is 6.91. The van der Waals surface area contributed by atoms with Crippen LogP contribution in [0.5, 0.6) is 0 Å². The van der Waals surface area contributed by atoms with Crippen molar-refractivity contribution in [3.05, 3.63) is 0 Å². The highest BCUT2D eigenvalue weighted by Gasteiger charge is 2.37. The third kappa shape index (κ3) is 21.9. The summed E-state index contributed by atoms with van der Waals surface area (Å²) in [6.07, 6.45) is 1.23. The Morgan fingerprint density at radius 1 is 0.448 bits per heavy atom. The van der Waals surface area contributed by atoms with Gasteiger partial charge >= 0.3 is 5.97 Å². The monoisotopic (exact) mass is 953 g/mol. The lowest BCUT2D eigenvalue weighted by molar-refractivity contribution is -0.143. The molecule has 0 spiro atoms. The van der Waals surface area contributed by atoms with Gasteiger partial charge in [0, 0.05) is 0 Å². The first-order chi connectivity index (χ1) is 31.0. The lowest BCUT2D eigenvalue weighted by Crippen LogP contribution is -2.62. The second-order valence-electron chi connectivity index (χ2n) is 19.3. The first-order valence-corrected chi connectivity index (χ1v) is 23.7. The van der Waals surface area contributed by atoms with Crippen molar-refractivity contribution in [3.63, 3.8) is 0 Å². The third-order valence-corrected chi connectivity index (χ3v) is 11.7. The molecule has 0 bridgehead atoms. The molecule has 21 heteroatoms. The first-order valence-electron chi connectivity index (χ1n) is 23.7. The molecule has 0 aliphatic rings. The number of aliphatic carboxylic acids is 1. The van der Waals surface area contributed by atoms with Crippen molar-refractivity contribution in [3.8, 4) is 0 Å². The number of carboxylic acids is 1. The van der Waals surface area contributed by atoms with Gasteiger partial charge in [0.15, 0.2) is 0 Å². The summed E-state index contributed by atoms with van der Waals surface area (Å²) in [5.41, 5.74) is 10.9. The van der Waals surface area contributed by atoms with E-state index in [0.29, 0.717) is 19.3 Å². The Hall–Kier alpha value is -5.34.